The fraction of sp³-hybridized carbons (Fsp3) is 0.474. The summed E-state index contributed by atoms with van der Waals surface area (Å²) < 4.78 is 4.05. The van der Waals surface area contributed by atoms with Crippen LogP contribution in [0.15, 0.2) is 30.6 Å². The highest BCUT2D eigenvalue weighted by molar-refractivity contribution is 5.84. The van der Waals surface area contributed by atoms with Gasteiger partial charge in [0, 0.05) is 13.0 Å². The lowest BCUT2D eigenvalue weighted by atomic mass is 10.2. The first-order valence-electron chi connectivity index (χ1n) is 9.29. The van der Waals surface area contributed by atoms with Gasteiger partial charge in [-0.05, 0) is 25.0 Å². The van der Waals surface area contributed by atoms with E-state index in [-0.39, 0.29) is 11.9 Å². The molecular weight excluding hydrogens is 328 g/mol. The average molecular weight is 354 g/mol. The van der Waals surface area contributed by atoms with E-state index in [1.165, 1.54) is 0 Å². The van der Waals surface area contributed by atoms with Crippen LogP contribution in [-0.2, 0) is 24.3 Å². The molecule has 3 aromatic rings. The number of aromatic nitrogens is 5. The van der Waals surface area contributed by atoms with Crippen LogP contribution in [0.3, 0.4) is 0 Å². The molecule has 138 valence electrons. The first kappa shape index (κ1) is 18.1. The number of fused-ring (bicyclic) bond motifs is 1. The summed E-state index contributed by atoms with van der Waals surface area (Å²) in [5, 5.41) is 11.1. The third-order valence-electron chi connectivity index (χ3n) is 4.57. The number of amides is 1. The SMILES string of the molecule is CCCn1cnnc1CNC(=O)C(CC)n1c(CC)nc2ccccc21. The lowest BCUT2D eigenvalue weighted by molar-refractivity contribution is -0.124. The van der Waals surface area contributed by atoms with E-state index >= 15 is 0 Å². The van der Waals surface area contributed by atoms with Gasteiger partial charge >= 0.3 is 0 Å². The molecule has 2 aromatic heterocycles. The summed E-state index contributed by atoms with van der Waals surface area (Å²) in [6, 6.07) is 7.68. The molecule has 1 unspecified atom stereocenters. The molecule has 0 radical (unpaired) electrons. The van der Waals surface area contributed by atoms with E-state index in [2.05, 4.69) is 38.9 Å². The van der Waals surface area contributed by atoms with E-state index in [0.29, 0.717) is 13.0 Å². The Morgan fingerprint density at radius 2 is 2.00 bits per heavy atom. The van der Waals surface area contributed by atoms with Gasteiger partial charge in [-0.25, -0.2) is 4.98 Å². The number of rotatable bonds is 8. The topological polar surface area (TPSA) is 77.6 Å². The normalized spacial score (nSPS) is 12.4. The van der Waals surface area contributed by atoms with Gasteiger partial charge < -0.3 is 14.5 Å². The van der Waals surface area contributed by atoms with Crippen LogP contribution in [0.25, 0.3) is 11.0 Å². The van der Waals surface area contributed by atoms with Crippen LogP contribution in [0.5, 0.6) is 0 Å². The lowest BCUT2D eigenvalue weighted by Crippen LogP contribution is -2.33. The number of para-hydroxylation sites is 2. The Balaban J connectivity index is 1.82. The van der Waals surface area contributed by atoms with E-state index in [1.807, 2.05) is 35.8 Å². The zero-order valence-corrected chi connectivity index (χ0v) is 15.6. The van der Waals surface area contributed by atoms with Crippen LogP contribution in [0.2, 0.25) is 0 Å². The molecule has 2 heterocycles. The minimum absolute atomic E-state index is 0.0172. The summed E-state index contributed by atoms with van der Waals surface area (Å²) in [5.74, 6) is 1.69. The van der Waals surface area contributed by atoms with E-state index in [1.54, 1.807) is 6.33 Å². The molecule has 0 spiro atoms. The van der Waals surface area contributed by atoms with Crippen LogP contribution in [0.4, 0.5) is 0 Å². The monoisotopic (exact) mass is 354 g/mol. The standard InChI is InChI=1S/C19H26N6O/c1-4-11-24-13-21-23-18(24)12-20-19(26)15(5-2)25-16-10-8-7-9-14(16)22-17(25)6-3/h7-10,13,15H,4-6,11-12H2,1-3H3,(H,20,26). The minimum Gasteiger partial charge on any atom is -0.347 e. The molecule has 1 aromatic carbocycles. The maximum atomic E-state index is 12.9. The van der Waals surface area contributed by atoms with Crippen LogP contribution >= 0.6 is 0 Å². The van der Waals surface area contributed by atoms with Crippen molar-refractivity contribution in [1.29, 1.82) is 0 Å². The molecule has 0 aliphatic carbocycles. The van der Waals surface area contributed by atoms with Crippen molar-refractivity contribution in [3.05, 3.63) is 42.2 Å². The molecule has 0 saturated heterocycles. The smallest absolute Gasteiger partial charge is 0.243 e. The van der Waals surface area contributed by atoms with E-state index in [0.717, 1.165) is 42.1 Å². The molecule has 1 atom stereocenters. The summed E-state index contributed by atoms with van der Waals surface area (Å²) in [4.78, 5) is 17.6. The molecule has 26 heavy (non-hydrogen) atoms. The highest BCUT2D eigenvalue weighted by atomic mass is 16.2. The second kappa shape index (κ2) is 8.12. The van der Waals surface area contributed by atoms with Gasteiger partial charge in [0.15, 0.2) is 5.82 Å². The van der Waals surface area contributed by atoms with Gasteiger partial charge in [0.2, 0.25) is 5.91 Å². The number of hydrogen-bond donors (Lipinski definition) is 1. The predicted molar refractivity (Wildman–Crippen MR) is 101 cm³/mol. The number of carbonyl (C=O) groups excluding carboxylic acids is 1. The number of benzene rings is 1. The summed E-state index contributed by atoms with van der Waals surface area (Å²) in [5.41, 5.74) is 1.93. The summed E-state index contributed by atoms with van der Waals surface area (Å²) >= 11 is 0. The first-order valence-corrected chi connectivity index (χ1v) is 9.29. The summed E-state index contributed by atoms with van der Waals surface area (Å²) in [6.07, 6.45) is 4.18. The number of hydrogen-bond acceptors (Lipinski definition) is 4. The Hall–Kier alpha value is -2.70. The maximum absolute atomic E-state index is 12.9. The quantitative estimate of drug-likeness (QED) is 0.675. The zero-order chi connectivity index (χ0) is 18.5. The Morgan fingerprint density at radius 3 is 2.73 bits per heavy atom. The molecule has 0 aliphatic heterocycles. The van der Waals surface area contributed by atoms with Crippen molar-refractivity contribution in [2.45, 2.75) is 59.2 Å². The minimum atomic E-state index is -0.292. The summed E-state index contributed by atoms with van der Waals surface area (Å²) in [7, 11) is 0. The average Bonchev–Trinajstić information content (AvgIpc) is 3.25. The van der Waals surface area contributed by atoms with Crippen molar-refractivity contribution in [1.82, 2.24) is 29.6 Å². The second-order valence-electron chi connectivity index (χ2n) is 6.32. The van der Waals surface area contributed by atoms with Gasteiger partial charge in [-0.15, -0.1) is 10.2 Å². The third-order valence-corrected chi connectivity index (χ3v) is 4.57. The molecule has 0 bridgehead atoms. The van der Waals surface area contributed by atoms with Gasteiger partial charge in [-0.1, -0.05) is 32.9 Å². The van der Waals surface area contributed by atoms with Crippen molar-refractivity contribution in [2.24, 2.45) is 0 Å². The Kier molecular flexibility index (Phi) is 5.65. The third kappa shape index (κ3) is 3.47. The number of nitrogens with one attached hydrogen (secondary N) is 1. The largest absolute Gasteiger partial charge is 0.347 e. The van der Waals surface area contributed by atoms with Crippen molar-refractivity contribution in [3.8, 4) is 0 Å². The van der Waals surface area contributed by atoms with E-state index < -0.39 is 0 Å². The van der Waals surface area contributed by atoms with Crippen LogP contribution in [0, 0.1) is 0 Å². The van der Waals surface area contributed by atoms with Gasteiger partial charge in [-0.3, -0.25) is 4.79 Å². The lowest BCUT2D eigenvalue weighted by Gasteiger charge is -2.19. The van der Waals surface area contributed by atoms with Crippen molar-refractivity contribution in [3.63, 3.8) is 0 Å². The molecule has 0 aliphatic rings. The summed E-state index contributed by atoms with van der Waals surface area (Å²) in [6.45, 7) is 7.42. The molecule has 3 rings (SSSR count). The fourth-order valence-electron chi connectivity index (χ4n) is 3.30. The van der Waals surface area contributed by atoms with Gasteiger partial charge in [-0.2, -0.15) is 0 Å². The first-order chi connectivity index (χ1) is 12.7. The fourth-order valence-corrected chi connectivity index (χ4v) is 3.30. The Labute approximate surface area is 153 Å². The van der Waals surface area contributed by atoms with Gasteiger partial charge in [0.1, 0.15) is 18.2 Å². The number of carbonyl (C=O) groups is 1. The van der Waals surface area contributed by atoms with Crippen molar-refractivity contribution in [2.75, 3.05) is 0 Å². The molecule has 1 amide bonds. The molecule has 1 N–H and O–H groups in total. The number of nitrogens with zero attached hydrogens (tertiary/aromatic N) is 5. The predicted octanol–water partition coefficient (Wildman–Crippen LogP) is 2.87. The molecule has 7 nitrogen and oxygen atoms in total. The van der Waals surface area contributed by atoms with Crippen LogP contribution in [0.1, 0.15) is 51.3 Å². The number of imidazole rings is 1. The van der Waals surface area contributed by atoms with Gasteiger partial charge in [0.05, 0.1) is 17.6 Å². The number of aryl methyl sites for hydroxylation is 2. The Morgan fingerprint density at radius 1 is 1.19 bits per heavy atom. The molecule has 7 heteroatoms. The molecule has 0 saturated carbocycles. The van der Waals surface area contributed by atoms with Crippen molar-refractivity contribution < 1.29 is 4.79 Å². The highest BCUT2D eigenvalue weighted by Gasteiger charge is 2.23. The molecular formula is C19H26N6O. The van der Waals surface area contributed by atoms with E-state index in [4.69, 9.17) is 0 Å². The zero-order valence-electron chi connectivity index (χ0n) is 15.6. The van der Waals surface area contributed by atoms with Crippen molar-refractivity contribution >= 4 is 16.9 Å². The highest BCUT2D eigenvalue weighted by Crippen LogP contribution is 2.24. The van der Waals surface area contributed by atoms with Crippen LogP contribution in [-0.4, -0.2) is 30.2 Å². The van der Waals surface area contributed by atoms with Crippen LogP contribution < -0.4 is 5.32 Å². The Bertz CT molecular complexity index is 881. The second-order valence-corrected chi connectivity index (χ2v) is 6.32. The molecule has 0 fully saturated rings. The maximum Gasteiger partial charge on any atom is 0.243 e. The van der Waals surface area contributed by atoms with E-state index in [9.17, 15) is 4.79 Å². The van der Waals surface area contributed by atoms with Gasteiger partial charge in [0.25, 0.3) is 0 Å².